The van der Waals surface area contributed by atoms with E-state index in [0.29, 0.717) is 6.54 Å². The van der Waals surface area contributed by atoms with Gasteiger partial charge in [0.05, 0.1) is 54.8 Å². The van der Waals surface area contributed by atoms with E-state index in [1.54, 1.807) is 12.1 Å². The Kier molecular flexibility index (Phi) is 5.41. The summed E-state index contributed by atoms with van der Waals surface area (Å²) in [6.45, 7) is 3.34. The van der Waals surface area contributed by atoms with Crippen LogP contribution in [0, 0.1) is 0 Å². The minimum Gasteiger partial charge on any atom is -0.506 e. The van der Waals surface area contributed by atoms with Crippen molar-refractivity contribution in [2.75, 3.05) is 49.1 Å². The zero-order valence-electron chi connectivity index (χ0n) is 13.8. The molecule has 0 radical (unpaired) electrons. The zero-order chi connectivity index (χ0) is 18.0. The number of sulfone groups is 1. The molecule has 0 unspecified atom stereocenters. The summed E-state index contributed by atoms with van der Waals surface area (Å²) in [5.41, 5.74) is 0.812. The SMILES string of the molecule is O=C(C[NH+]1CCN(c2ccccc2O)CC1)N[C@@H]1CS(=O)(=O)C[C@@H]1Cl. The number of anilines is 1. The van der Waals surface area contributed by atoms with E-state index in [1.807, 2.05) is 12.1 Å². The van der Waals surface area contributed by atoms with Crippen LogP contribution in [-0.4, -0.2) is 75.1 Å². The first kappa shape index (κ1) is 18.3. The molecule has 2 aliphatic heterocycles. The van der Waals surface area contributed by atoms with Crippen LogP contribution in [-0.2, 0) is 14.6 Å². The van der Waals surface area contributed by atoms with Crippen molar-refractivity contribution in [1.82, 2.24) is 5.32 Å². The summed E-state index contributed by atoms with van der Waals surface area (Å²) in [7, 11) is -3.15. The van der Waals surface area contributed by atoms with Gasteiger partial charge in [-0.2, -0.15) is 0 Å². The molecule has 3 N–H and O–H groups in total. The minimum absolute atomic E-state index is 0.0778. The zero-order valence-corrected chi connectivity index (χ0v) is 15.4. The largest absolute Gasteiger partial charge is 0.506 e. The van der Waals surface area contributed by atoms with Crippen LogP contribution in [0.5, 0.6) is 5.75 Å². The number of nitrogens with zero attached hydrogens (tertiary/aromatic N) is 1. The fraction of sp³-hybridized carbons (Fsp3) is 0.562. The van der Waals surface area contributed by atoms with Gasteiger partial charge in [-0.3, -0.25) is 4.79 Å². The molecule has 9 heteroatoms. The number of para-hydroxylation sites is 2. The molecule has 0 spiro atoms. The van der Waals surface area contributed by atoms with Crippen LogP contribution in [0.4, 0.5) is 5.69 Å². The topological polar surface area (TPSA) is 91.2 Å². The number of halogens is 1. The maximum absolute atomic E-state index is 12.2. The van der Waals surface area contributed by atoms with Gasteiger partial charge >= 0.3 is 0 Å². The molecule has 7 nitrogen and oxygen atoms in total. The van der Waals surface area contributed by atoms with E-state index in [9.17, 15) is 18.3 Å². The molecule has 25 heavy (non-hydrogen) atoms. The number of aromatic hydroxyl groups is 1. The highest BCUT2D eigenvalue weighted by molar-refractivity contribution is 7.91. The number of quaternary nitrogens is 1. The van der Waals surface area contributed by atoms with Crippen molar-refractivity contribution < 1.29 is 23.2 Å². The number of alkyl halides is 1. The number of phenolic OH excluding ortho intramolecular Hbond substituents is 1. The van der Waals surface area contributed by atoms with Gasteiger partial charge in [-0.15, -0.1) is 11.6 Å². The second-order valence-electron chi connectivity index (χ2n) is 6.67. The first-order chi connectivity index (χ1) is 11.8. The standard InChI is InChI=1S/C16H22ClN3O4S/c17-12-10-25(23,24)11-13(12)18-16(22)9-19-5-7-20(8-6-19)14-3-1-2-4-15(14)21/h1-4,12-13,21H,5-11H2,(H,18,22)/p+1/t12-,13+/m0/s1. The van der Waals surface area contributed by atoms with Crippen molar-refractivity contribution in [3.8, 4) is 5.75 Å². The number of piperazine rings is 1. The Balaban J connectivity index is 1.48. The number of nitrogens with one attached hydrogen (secondary N) is 2. The fourth-order valence-electron chi connectivity index (χ4n) is 3.39. The van der Waals surface area contributed by atoms with Crippen molar-refractivity contribution in [1.29, 1.82) is 0 Å². The third-order valence-corrected chi connectivity index (χ3v) is 7.11. The normalized spacial score (nSPS) is 26.5. The molecule has 2 heterocycles. The highest BCUT2D eigenvalue weighted by Crippen LogP contribution is 2.25. The van der Waals surface area contributed by atoms with E-state index in [4.69, 9.17) is 11.6 Å². The van der Waals surface area contributed by atoms with Gasteiger partial charge in [0.1, 0.15) is 5.75 Å². The van der Waals surface area contributed by atoms with E-state index in [0.717, 1.165) is 36.8 Å². The first-order valence-corrected chi connectivity index (χ1v) is 10.6. The Bertz CT molecular complexity index is 735. The highest BCUT2D eigenvalue weighted by Gasteiger charge is 2.37. The van der Waals surface area contributed by atoms with Crippen LogP contribution in [0.25, 0.3) is 0 Å². The van der Waals surface area contributed by atoms with Crippen LogP contribution in [0.15, 0.2) is 24.3 Å². The van der Waals surface area contributed by atoms with Gasteiger partial charge in [0.15, 0.2) is 16.4 Å². The molecule has 3 rings (SSSR count). The van der Waals surface area contributed by atoms with Gasteiger partial charge in [-0.05, 0) is 12.1 Å². The van der Waals surface area contributed by atoms with Crippen LogP contribution in [0.2, 0.25) is 0 Å². The lowest BCUT2D eigenvalue weighted by atomic mass is 10.2. The molecule has 0 aliphatic carbocycles. The van der Waals surface area contributed by atoms with Crippen molar-refractivity contribution in [3.05, 3.63) is 24.3 Å². The number of phenols is 1. The molecular weight excluding hydrogens is 366 g/mol. The van der Waals surface area contributed by atoms with Crippen LogP contribution < -0.4 is 15.1 Å². The number of carbonyl (C=O) groups is 1. The molecule has 1 aromatic rings. The molecule has 2 fully saturated rings. The van der Waals surface area contributed by atoms with Gasteiger partial charge in [0.25, 0.3) is 5.91 Å². The molecule has 2 aliphatic rings. The van der Waals surface area contributed by atoms with Crippen LogP contribution >= 0.6 is 11.6 Å². The third-order valence-electron chi connectivity index (χ3n) is 4.73. The third kappa shape index (κ3) is 4.56. The van der Waals surface area contributed by atoms with Crippen molar-refractivity contribution in [2.45, 2.75) is 11.4 Å². The Morgan fingerprint density at radius 2 is 1.96 bits per heavy atom. The number of benzene rings is 1. The molecule has 2 saturated heterocycles. The first-order valence-electron chi connectivity index (χ1n) is 8.34. The number of rotatable bonds is 4. The summed E-state index contributed by atoms with van der Waals surface area (Å²) in [5, 5.41) is 12.1. The molecule has 2 atom stereocenters. The maximum Gasteiger partial charge on any atom is 0.275 e. The van der Waals surface area contributed by atoms with E-state index in [2.05, 4.69) is 10.2 Å². The summed E-state index contributed by atoms with van der Waals surface area (Å²) in [4.78, 5) is 15.4. The highest BCUT2D eigenvalue weighted by atomic mass is 35.5. The predicted octanol–water partition coefficient (Wildman–Crippen LogP) is -1.38. The maximum atomic E-state index is 12.2. The predicted molar refractivity (Wildman–Crippen MR) is 96.1 cm³/mol. The molecule has 1 aromatic carbocycles. The lowest BCUT2D eigenvalue weighted by Gasteiger charge is -2.33. The minimum atomic E-state index is -3.15. The monoisotopic (exact) mass is 388 g/mol. The summed E-state index contributed by atoms with van der Waals surface area (Å²) < 4.78 is 23.1. The number of amides is 1. The number of hydrogen-bond donors (Lipinski definition) is 3. The Labute approximate surface area is 152 Å². The summed E-state index contributed by atoms with van der Waals surface area (Å²) >= 11 is 6.02. The van der Waals surface area contributed by atoms with Crippen molar-refractivity contribution in [3.63, 3.8) is 0 Å². The van der Waals surface area contributed by atoms with Crippen molar-refractivity contribution >= 4 is 33.0 Å². The van der Waals surface area contributed by atoms with Gasteiger partial charge in [0, 0.05) is 0 Å². The molecule has 0 saturated carbocycles. The van der Waals surface area contributed by atoms with E-state index in [-0.39, 0.29) is 23.2 Å². The van der Waals surface area contributed by atoms with Crippen LogP contribution in [0.1, 0.15) is 0 Å². The smallest absolute Gasteiger partial charge is 0.275 e. The fourth-order valence-corrected chi connectivity index (χ4v) is 5.94. The lowest BCUT2D eigenvalue weighted by molar-refractivity contribution is -0.892. The summed E-state index contributed by atoms with van der Waals surface area (Å²) in [6.07, 6.45) is 0. The Morgan fingerprint density at radius 1 is 1.28 bits per heavy atom. The summed E-state index contributed by atoms with van der Waals surface area (Å²) in [6, 6.07) is 6.73. The molecular formula is C16H23ClN3O4S+. The van der Waals surface area contributed by atoms with Crippen molar-refractivity contribution in [2.24, 2.45) is 0 Å². The molecule has 0 bridgehead atoms. The average Bonchev–Trinajstić information content (AvgIpc) is 2.80. The van der Waals surface area contributed by atoms with E-state index < -0.39 is 21.3 Å². The second-order valence-corrected chi connectivity index (χ2v) is 9.38. The van der Waals surface area contributed by atoms with Crippen LogP contribution in [0.3, 0.4) is 0 Å². The Morgan fingerprint density at radius 3 is 2.56 bits per heavy atom. The second kappa shape index (κ2) is 7.39. The van der Waals surface area contributed by atoms with Gasteiger partial charge in [-0.25, -0.2) is 8.42 Å². The van der Waals surface area contributed by atoms with Gasteiger partial charge < -0.3 is 20.2 Å². The number of carbonyl (C=O) groups excluding carboxylic acids is 1. The molecule has 0 aromatic heterocycles. The van der Waals surface area contributed by atoms with Gasteiger partial charge in [-0.1, -0.05) is 12.1 Å². The molecule has 138 valence electrons. The van der Waals surface area contributed by atoms with Gasteiger partial charge in [0.2, 0.25) is 0 Å². The quantitative estimate of drug-likeness (QED) is 0.553. The van der Waals surface area contributed by atoms with E-state index >= 15 is 0 Å². The van der Waals surface area contributed by atoms with E-state index in [1.165, 1.54) is 0 Å². The summed E-state index contributed by atoms with van der Waals surface area (Å²) in [5.74, 6) is -0.0624. The number of hydrogen-bond acceptors (Lipinski definition) is 5. The lowest BCUT2D eigenvalue weighted by Crippen LogP contribution is -3.16. The Hall–Kier alpha value is -1.51. The molecule has 1 amide bonds. The average molecular weight is 389 g/mol.